The van der Waals surface area contributed by atoms with Gasteiger partial charge >= 0.3 is 0 Å². The molecule has 0 aliphatic carbocycles. The zero-order valence-corrected chi connectivity index (χ0v) is 17.8. The summed E-state index contributed by atoms with van der Waals surface area (Å²) in [6.45, 7) is 2.66. The number of piperidine rings is 1. The lowest BCUT2D eigenvalue weighted by Crippen LogP contribution is -2.44. The van der Waals surface area contributed by atoms with Crippen molar-refractivity contribution in [2.75, 3.05) is 20.2 Å². The summed E-state index contributed by atoms with van der Waals surface area (Å²) in [4.78, 5) is 15.0. The van der Waals surface area contributed by atoms with E-state index in [2.05, 4.69) is 22.3 Å². The Balaban J connectivity index is 0.00000300. The number of nitrogens with one attached hydrogen (secondary N) is 1. The third-order valence-electron chi connectivity index (χ3n) is 4.92. The van der Waals surface area contributed by atoms with E-state index in [1.165, 1.54) is 30.9 Å². The fraction of sp³-hybridized carbons (Fsp3) is 0.350. The van der Waals surface area contributed by atoms with Crippen LogP contribution in [0.5, 0.6) is 5.75 Å². The summed E-state index contributed by atoms with van der Waals surface area (Å²) in [5.74, 6) is -0.0460. The Kier molecular flexibility index (Phi) is 8.04. The van der Waals surface area contributed by atoms with Crippen LogP contribution in [0.15, 0.2) is 53.4 Å². The SMILES string of the molecule is COc1ccc(S(N)(=O)=O)cc1C(=O)NC1CCN(Cc2ccccc2)CC1.Cl. The van der Waals surface area contributed by atoms with Crippen molar-refractivity contribution in [1.29, 1.82) is 0 Å². The maximum Gasteiger partial charge on any atom is 0.255 e. The number of likely N-dealkylation sites (tertiary alicyclic amines) is 1. The van der Waals surface area contributed by atoms with Crippen LogP contribution in [-0.2, 0) is 16.6 Å². The van der Waals surface area contributed by atoms with Crippen LogP contribution in [0.4, 0.5) is 0 Å². The molecule has 9 heteroatoms. The van der Waals surface area contributed by atoms with Crippen molar-refractivity contribution in [3.05, 3.63) is 59.7 Å². The average molecular weight is 440 g/mol. The highest BCUT2D eigenvalue weighted by Gasteiger charge is 2.23. The number of rotatable bonds is 6. The maximum absolute atomic E-state index is 12.7. The highest BCUT2D eigenvalue weighted by molar-refractivity contribution is 7.89. The molecule has 1 heterocycles. The number of benzene rings is 2. The lowest BCUT2D eigenvalue weighted by Gasteiger charge is -2.32. The van der Waals surface area contributed by atoms with E-state index in [9.17, 15) is 13.2 Å². The molecule has 0 radical (unpaired) electrons. The van der Waals surface area contributed by atoms with E-state index in [1.807, 2.05) is 18.2 Å². The van der Waals surface area contributed by atoms with Crippen molar-refractivity contribution >= 4 is 28.3 Å². The molecule has 7 nitrogen and oxygen atoms in total. The quantitative estimate of drug-likeness (QED) is 0.718. The molecule has 0 aromatic heterocycles. The first-order chi connectivity index (χ1) is 13.4. The van der Waals surface area contributed by atoms with Gasteiger partial charge in [0.05, 0.1) is 17.6 Å². The van der Waals surface area contributed by atoms with Crippen LogP contribution in [0.2, 0.25) is 0 Å². The van der Waals surface area contributed by atoms with E-state index in [4.69, 9.17) is 9.88 Å². The Morgan fingerprint density at radius 1 is 1.17 bits per heavy atom. The van der Waals surface area contributed by atoms with E-state index in [0.29, 0.717) is 5.75 Å². The molecule has 0 bridgehead atoms. The van der Waals surface area contributed by atoms with E-state index in [-0.39, 0.29) is 34.8 Å². The van der Waals surface area contributed by atoms with Crippen molar-refractivity contribution in [2.24, 2.45) is 5.14 Å². The lowest BCUT2D eigenvalue weighted by atomic mass is 10.0. The maximum atomic E-state index is 12.7. The second kappa shape index (κ2) is 10.1. The Labute approximate surface area is 177 Å². The molecule has 158 valence electrons. The van der Waals surface area contributed by atoms with Crippen LogP contribution in [-0.4, -0.2) is 45.5 Å². The Morgan fingerprint density at radius 2 is 1.83 bits per heavy atom. The van der Waals surface area contributed by atoms with Crippen LogP contribution in [0.3, 0.4) is 0 Å². The molecule has 0 spiro atoms. The van der Waals surface area contributed by atoms with Gasteiger partial charge in [-0.15, -0.1) is 12.4 Å². The zero-order chi connectivity index (χ0) is 20.1. The zero-order valence-electron chi connectivity index (χ0n) is 16.2. The van der Waals surface area contributed by atoms with Gasteiger partial charge in [-0.2, -0.15) is 0 Å². The number of hydrogen-bond donors (Lipinski definition) is 2. The minimum absolute atomic E-state index is 0. The van der Waals surface area contributed by atoms with Crippen LogP contribution in [0.25, 0.3) is 0 Å². The van der Waals surface area contributed by atoms with Gasteiger partial charge in [-0.25, -0.2) is 13.6 Å². The molecule has 0 saturated carbocycles. The number of carbonyl (C=O) groups excluding carboxylic acids is 1. The molecule has 1 saturated heterocycles. The van der Waals surface area contributed by atoms with Crippen LogP contribution in [0, 0.1) is 0 Å². The average Bonchev–Trinajstić information content (AvgIpc) is 2.69. The van der Waals surface area contributed by atoms with E-state index in [0.717, 1.165) is 32.5 Å². The van der Waals surface area contributed by atoms with Crippen LogP contribution in [0.1, 0.15) is 28.8 Å². The highest BCUT2D eigenvalue weighted by atomic mass is 35.5. The minimum atomic E-state index is -3.90. The van der Waals surface area contributed by atoms with Gasteiger partial charge in [0, 0.05) is 25.7 Å². The number of sulfonamides is 1. The first kappa shape index (κ1) is 23.2. The molecular weight excluding hydrogens is 414 g/mol. The predicted octanol–water partition coefficient (Wildman–Crippen LogP) is 2.16. The van der Waals surface area contributed by atoms with Gasteiger partial charge in [0.2, 0.25) is 10.0 Å². The van der Waals surface area contributed by atoms with E-state index in [1.54, 1.807) is 0 Å². The summed E-state index contributed by atoms with van der Waals surface area (Å²) in [6.07, 6.45) is 1.66. The monoisotopic (exact) mass is 439 g/mol. The Bertz CT molecular complexity index is 930. The first-order valence-electron chi connectivity index (χ1n) is 9.15. The molecule has 3 N–H and O–H groups in total. The van der Waals surface area contributed by atoms with Crippen molar-refractivity contribution < 1.29 is 17.9 Å². The van der Waals surface area contributed by atoms with Gasteiger partial charge in [-0.3, -0.25) is 9.69 Å². The van der Waals surface area contributed by atoms with Crippen LogP contribution >= 0.6 is 12.4 Å². The molecule has 1 fully saturated rings. The first-order valence-corrected chi connectivity index (χ1v) is 10.7. The van der Waals surface area contributed by atoms with Gasteiger partial charge in [-0.1, -0.05) is 30.3 Å². The number of nitrogens with zero attached hydrogens (tertiary/aromatic N) is 1. The number of carbonyl (C=O) groups is 1. The molecule has 1 aliphatic heterocycles. The summed E-state index contributed by atoms with van der Waals surface area (Å²) < 4.78 is 28.4. The second-order valence-corrected chi connectivity index (χ2v) is 8.48. The summed E-state index contributed by atoms with van der Waals surface area (Å²) >= 11 is 0. The molecule has 2 aromatic carbocycles. The molecule has 1 aliphatic rings. The number of halogens is 1. The fourth-order valence-corrected chi connectivity index (χ4v) is 3.92. The van der Waals surface area contributed by atoms with E-state index < -0.39 is 10.0 Å². The van der Waals surface area contributed by atoms with Crippen molar-refractivity contribution in [2.45, 2.75) is 30.3 Å². The van der Waals surface area contributed by atoms with Gasteiger partial charge in [0.1, 0.15) is 5.75 Å². The van der Waals surface area contributed by atoms with Gasteiger partial charge in [0.25, 0.3) is 5.91 Å². The summed E-state index contributed by atoms with van der Waals surface area (Å²) in [7, 11) is -2.46. The number of ether oxygens (including phenoxy) is 1. The number of methoxy groups -OCH3 is 1. The second-order valence-electron chi connectivity index (χ2n) is 6.92. The molecule has 3 rings (SSSR count). The highest BCUT2D eigenvalue weighted by Crippen LogP contribution is 2.23. The smallest absolute Gasteiger partial charge is 0.255 e. The predicted molar refractivity (Wildman–Crippen MR) is 114 cm³/mol. The number of primary sulfonamides is 1. The van der Waals surface area contributed by atoms with Crippen LogP contribution < -0.4 is 15.2 Å². The van der Waals surface area contributed by atoms with Gasteiger partial charge in [-0.05, 0) is 36.6 Å². The molecule has 0 atom stereocenters. The molecule has 29 heavy (non-hydrogen) atoms. The molecular formula is C20H26ClN3O4S. The Morgan fingerprint density at radius 3 is 2.41 bits per heavy atom. The summed E-state index contributed by atoms with van der Waals surface area (Å²) in [5, 5.41) is 8.17. The van der Waals surface area contributed by atoms with Gasteiger partial charge < -0.3 is 10.1 Å². The normalized spacial score (nSPS) is 15.4. The molecule has 1 amide bonds. The largest absolute Gasteiger partial charge is 0.496 e. The standard InChI is InChI=1S/C20H25N3O4S.ClH/c1-27-19-8-7-17(28(21,25)26)13-18(19)20(24)22-16-9-11-23(12-10-16)14-15-5-3-2-4-6-15;/h2-8,13,16H,9-12,14H2,1H3,(H,22,24)(H2,21,25,26);1H. The number of amides is 1. The van der Waals surface area contributed by atoms with E-state index >= 15 is 0 Å². The minimum Gasteiger partial charge on any atom is -0.496 e. The fourth-order valence-electron chi connectivity index (χ4n) is 3.38. The number of nitrogens with two attached hydrogens (primary N) is 1. The summed E-state index contributed by atoms with van der Waals surface area (Å²) in [6, 6.07) is 14.3. The molecule has 2 aromatic rings. The molecule has 0 unspecified atom stereocenters. The topological polar surface area (TPSA) is 102 Å². The third-order valence-corrected chi connectivity index (χ3v) is 5.83. The third kappa shape index (κ3) is 6.17. The lowest BCUT2D eigenvalue weighted by molar-refractivity contribution is 0.0905. The summed E-state index contributed by atoms with van der Waals surface area (Å²) in [5.41, 5.74) is 1.44. The van der Waals surface area contributed by atoms with Crippen molar-refractivity contribution in [3.63, 3.8) is 0 Å². The van der Waals surface area contributed by atoms with Crippen molar-refractivity contribution in [1.82, 2.24) is 10.2 Å². The van der Waals surface area contributed by atoms with Crippen molar-refractivity contribution in [3.8, 4) is 5.75 Å². The number of hydrogen-bond acceptors (Lipinski definition) is 5. The Hall–Kier alpha value is -2.13. The van der Waals surface area contributed by atoms with Gasteiger partial charge in [0.15, 0.2) is 0 Å².